The molecule has 5 N–H and O–H groups in total. The van der Waals surface area contributed by atoms with E-state index in [1.807, 2.05) is 13.8 Å². The van der Waals surface area contributed by atoms with Gasteiger partial charge in [0, 0.05) is 18.9 Å². The van der Waals surface area contributed by atoms with Gasteiger partial charge in [-0.2, -0.15) is 0 Å². The Hall–Kier alpha value is -2.00. The molecule has 0 aromatic carbocycles. The molecule has 2 atom stereocenters. The third-order valence-electron chi connectivity index (χ3n) is 5.24. The van der Waals surface area contributed by atoms with Crippen molar-refractivity contribution in [2.75, 3.05) is 26.3 Å². The van der Waals surface area contributed by atoms with Gasteiger partial charge in [0.2, 0.25) is 17.7 Å². The summed E-state index contributed by atoms with van der Waals surface area (Å²) in [5.41, 5.74) is 5.55. The third-order valence-corrected chi connectivity index (χ3v) is 5.24. The molecule has 0 aromatic rings. The lowest BCUT2D eigenvalue weighted by Gasteiger charge is -2.25. The maximum Gasteiger partial charge on any atom is 0.243 e. The first-order valence-corrected chi connectivity index (χ1v) is 12.2. The first-order chi connectivity index (χ1) is 15.5. The van der Waals surface area contributed by atoms with E-state index in [9.17, 15) is 19.2 Å². The molecule has 0 unspecified atom stereocenters. The molecular formula is C24H46N4O5. The van der Waals surface area contributed by atoms with Crippen molar-refractivity contribution in [2.24, 2.45) is 23.5 Å². The van der Waals surface area contributed by atoms with Gasteiger partial charge in [-0.1, -0.05) is 41.5 Å². The van der Waals surface area contributed by atoms with Crippen molar-refractivity contribution in [3.8, 4) is 0 Å². The van der Waals surface area contributed by atoms with Crippen LogP contribution >= 0.6 is 0 Å². The van der Waals surface area contributed by atoms with Crippen LogP contribution in [0.4, 0.5) is 0 Å². The number of carbonyl (C=O) groups excluding carboxylic acids is 4. The van der Waals surface area contributed by atoms with Crippen LogP contribution in [0.5, 0.6) is 0 Å². The van der Waals surface area contributed by atoms with Gasteiger partial charge in [0.1, 0.15) is 12.1 Å². The van der Waals surface area contributed by atoms with Crippen molar-refractivity contribution in [3.63, 3.8) is 0 Å². The number of hydrogen-bond donors (Lipinski definition) is 4. The predicted octanol–water partition coefficient (Wildman–Crippen LogP) is 1.54. The molecule has 0 saturated heterocycles. The van der Waals surface area contributed by atoms with Crippen LogP contribution in [0, 0.1) is 17.8 Å². The minimum Gasteiger partial charge on any atom is -0.381 e. The Morgan fingerprint density at radius 2 is 1.52 bits per heavy atom. The lowest BCUT2D eigenvalue weighted by Crippen LogP contribution is -2.55. The second-order valence-corrected chi connectivity index (χ2v) is 9.52. The van der Waals surface area contributed by atoms with Crippen LogP contribution in [0.15, 0.2) is 0 Å². The van der Waals surface area contributed by atoms with Crippen LogP contribution in [-0.4, -0.2) is 61.9 Å². The molecule has 33 heavy (non-hydrogen) atoms. The fourth-order valence-electron chi connectivity index (χ4n) is 2.89. The van der Waals surface area contributed by atoms with Gasteiger partial charge >= 0.3 is 0 Å². The molecule has 0 aromatic heterocycles. The summed E-state index contributed by atoms with van der Waals surface area (Å²) < 4.78 is 5.48. The quantitative estimate of drug-likeness (QED) is 0.224. The highest BCUT2D eigenvalue weighted by Gasteiger charge is 2.28. The highest BCUT2D eigenvalue weighted by molar-refractivity contribution is 5.94. The van der Waals surface area contributed by atoms with E-state index < -0.39 is 23.9 Å². The van der Waals surface area contributed by atoms with Crippen LogP contribution < -0.4 is 21.7 Å². The first kappa shape index (κ1) is 31.0. The fourth-order valence-corrected chi connectivity index (χ4v) is 2.89. The molecule has 0 aliphatic rings. The normalized spacial score (nSPS) is 13.2. The van der Waals surface area contributed by atoms with E-state index >= 15 is 0 Å². The number of nitrogens with two attached hydrogens (primary N) is 1. The van der Waals surface area contributed by atoms with E-state index in [4.69, 9.17) is 10.5 Å². The van der Waals surface area contributed by atoms with Crippen molar-refractivity contribution in [3.05, 3.63) is 0 Å². The van der Waals surface area contributed by atoms with Gasteiger partial charge in [-0.25, -0.2) is 0 Å². The van der Waals surface area contributed by atoms with Crippen LogP contribution in [0.1, 0.15) is 73.6 Å². The number of ether oxygens (including phenoxy) is 1. The molecular weight excluding hydrogens is 424 g/mol. The fraction of sp³-hybridized carbons (Fsp3) is 0.833. The standard InChI is InChI=1S/C24H46N4O5/c1-16(2)10-13-33-14-11-21(30)28-22(18(5)6)24(32)27-19(9-7-8-12-25)23(31)26-15-20(29)17(3)4/h16-19,22H,7-15,25H2,1-6H3,(H,26,31)(H,27,32)(H,28,30)/t19-,22-/m0/s1. The zero-order chi connectivity index (χ0) is 25.4. The number of carbonyl (C=O) groups is 4. The zero-order valence-corrected chi connectivity index (χ0v) is 21.4. The van der Waals surface area contributed by atoms with Gasteiger partial charge in [-0.15, -0.1) is 0 Å². The maximum atomic E-state index is 12.9. The van der Waals surface area contributed by atoms with E-state index in [-0.39, 0.29) is 36.5 Å². The molecule has 0 saturated carbocycles. The van der Waals surface area contributed by atoms with E-state index in [0.717, 1.165) is 6.42 Å². The van der Waals surface area contributed by atoms with Gasteiger partial charge in [0.05, 0.1) is 13.2 Å². The SMILES string of the molecule is CC(C)CCOCCC(=O)N[C@H](C(=O)N[C@@H](CCCCN)C(=O)NCC(=O)C(C)C)C(C)C. The number of nitrogens with one attached hydrogen (secondary N) is 3. The minimum atomic E-state index is -0.804. The summed E-state index contributed by atoms with van der Waals surface area (Å²) in [5.74, 6) is -1.04. The molecule has 0 aliphatic carbocycles. The second-order valence-electron chi connectivity index (χ2n) is 9.52. The van der Waals surface area contributed by atoms with Crippen LogP contribution in [0.2, 0.25) is 0 Å². The average molecular weight is 471 g/mol. The Balaban J connectivity index is 4.92. The highest BCUT2D eigenvalue weighted by atomic mass is 16.5. The van der Waals surface area contributed by atoms with Gasteiger partial charge in [0.25, 0.3) is 0 Å². The highest BCUT2D eigenvalue weighted by Crippen LogP contribution is 2.07. The molecule has 9 heteroatoms. The zero-order valence-electron chi connectivity index (χ0n) is 21.4. The Bertz CT molecular complexity index is 608. The maximum absolute atomic E-state index is 12.9. The van der Waals surface area contributed by atoms with Crippen molar-refractivity contribution in [1.29, 1.82) is 0 Å². The van der Waals surface area contributed by atoms with Crippen LogP contribution in [0.3, 0.4) is 0 Å². The summed E-state index contributed by atoms with van der Waals surface area (Å²) in [5, 5.41) is 8.13. The average Bonchev–Trinajstić information content (AvgIpc) is 2.73. The molecule has 0 heterocycles. The van der Waals surface area contributed by atoms with Crippen LogP contribution in [0.25, 0.3) is 0 Å². The van der Waals surface area contributed by atoms with Gasteiger partial charge < -0.3 is 26.4 Å². The van der Waals surface area contributed by atoms with Gasteiger partial charge in [-0.05, 0) is 44.1 Å². The number of rotatable bonds is 18. The number of hydrogen-bond acceptors (Lipinski definition) is 6. The Kier molecular flexibility index (Phi) is 16.4. The van der Waals surface area contributed by atoms with Gasteiger partial charge in [-0.3, -0.25) is 19.2 Å². The summed E-state index contributed by atoms with van der Waals surface area (Å²) in [6, 6.07) is -1.59. The lowest BCUT2D eigenvalue weighted by atomic mass is 10.0. The molecule has 0 aliphatic heterocycles. The first-order valence-electron chi connectivity index (χ1n) is 12.2. The van der Waals surface area contributed by atoms with E-state index in [0.29, 0.717) is 44.9 Å². The molecule has 0 radical (unpaired) electrons. The summed E-state index contributed by atoms with van der Waals surface area (Å²) in [6.07, 6.45) is 2.85. The van der Waals surface area contributed by atoms with E-state index in [2.05, 4.69) is 29.8 Å². The smallest absolute Gasteiger partial charge is 0.243 e. The van der Waals surface area contributed by atoms with E-state index in [1.165, 1.54) is 0 Å². The van der Waals surface area contributed by atoms with Crippen molar-refractivity contribution in [1.82, 2.24) is 16.0 Å². The number of Topliss-reactive ketones (excluding diaryl/α,β-unsaturated/α-hetero) is 1. The number of ketones is 1. The third kappa shape index (κ3) is 14.7. The van der Waals surface area contributed by atoms with Gasteiger partial charge in [0.15, 0.2) is 5.78 Å². The second kappa shape index (κ2) is 17.5. The molecule has 0 fully saturated rings. The largest absolute Gasteiger partial charge is 0.381 e. The molecule has 192 valence electrons. The Labute approximate surface area is 199 Å². The summed E-state index contributed by atoms with van der Waals surface area (Å²) in [4.78, 5) is 49.8. The predicted molar refractivity (Wildman–Crippen MR) is 129 cm³/mol. The summed E-state index contributed by atoms with van der Waals surface area (Å²) in [7, 11) is 0. The molecule has 3 amide bonds. The van der Waals surface area contributed by atoms with Crippen molar-refractivity contribution in [2.45, 2.75) is 85.7 Å². The Morgan fingerprint density at radius 3 is 2.06 bits per heavy atom. The molecule has 0 rings (SSSR count). The number of amides is 3. The molecule has 9 nitrogen and oxygen atoms in total. The number of unbranched alkanes of at least 4 members (excludes halogenated alkanes) is 1. The molecule has 0 spiro atoms. The minimum absolute atomic E-state index is 0.0824. The summed E-state index contributed by atoms with van der Waals surface area (Å²) in [6.45, 7) is 12.7. The Morgan fingerprint density at radius 1 is 0.848 bits per heavy atom. The van der Waals surface area contributed by atoms with Crippen molar-refractivity contribution < 1.29 is 23.9 Å². The lowest BCUT2D eigenvalue weighted by molar-refractivity contribution is -0.134. The summed E-state index contributed by atoms with van der Waals surface area (Å²) >= 11 is 0. The topological polar surface area (TPSA) is 140 Å². The van der Waals surface area contributed by atoms with Crippen LogP contribution in [-0.2, 0) is 23.9 Å². The monoisotopic (exact) mass is 470 g/mol. The van der Waals surface area contributed by atoms with E-state index in [1.54, 1.807) is 13.8 Å². The van der Waals surface area contributed by atoms with Crippen molar-refractivity contribution >= 4 is 23.5 Å². The molecule has 0 bridgehead atoms.